The van der Waals surface area contributed by atoms with Crippen LogP contribution in [0.25, 0.3) is 0 Å². The Balaban J connectivity index is 1.43. The van der Waals surface area contributed by atoms with Crippen LogP contribution in [0, 0.1) is 0 Å². The van der Waals surface area contributed by atoms with Crippen LogP contribution in [-0.2, 0) is 20.6 Å². The summed E-state index contributed by atoms with van der Waals surface area (Å²) in [5.41, 5.74) is 1.87. The quantitative estimate of drug-likeness (QED) is 0.117. The van der Waals surface area contributed by atoms with Crippen molar-refractivity contribution in [3.63, 3.8) is 0 Å². The van der Waals surface area contributed by atoms with E-state index in [0.717, 1.165) is 63.0 Å². The SMILES string of the molecule is CCP(=O)(O)NCCCCCCCCCCCCOC(=O)c1ccc(C[N+]2(C)CCOCC2)cc1. The maximum atomic E-state index is 12.3. The van der Waals surface area contributed by atoms with Crippen molar-refractivity contribution in [2.45, 2.75) is 77.7 Å². The second kappa shape index (κ2) is 16.5. The predicted octanol–water partition coefficient (Wildman–Crippen LogP) is 5.52. The number of nitrogens with one attached hydrogen (secondary N) is 1. The highest BCUT2D eigenvalue weighted by Crippen LogP contribution is 2.33. The van der Waals surface area contributed by atoms with Crippen LogP contribution in [0.4, 0.5) is 0 Å². The van der Waals surface area contributed by atoms with Crippen LogP contribution in [-0.4, -0.2) is 68.0 Å². The number of likely N-dealkylation sites (N-methyl/N-ethyl adjacent to an activating group) is 1. The largest absolute Gasteiger partial charge is 0.462 e. The number of ether oxygens (including phenoxy) is 2. The minimum absolute atomic E-state index is 0.227. The molecule has 1 heterocycles. The van der Waals surface area contributed by atoms with Gasteiger partial charge in [0.15, 0.2) is 0 Å². The molecule has 1 aliphatic rings. The first-order valence-electron chi connectivity index (χ1n) is 13.6. The second-order valence-corrected chi connectivity index (χ2v) is 12.5. The number of carbonyl (C=O) groups excluding carboxylic acids is 1. The fraction of sp³-hybridized carbons (Fsp3) is 0.741. The summed E-state index contributed by atoms with van der Waals surface area (Å²) in [5, 5.41) is 2.75. The van der Waals surface area contributed by atoms with Gasteiger partial charge in [0.1, 0.15) is 19.6 Å². The van der Waals surface area contributed by atoms with Gasteiger partial charge in [-0.15, -0.1) is 0 Å². The Bertz CT molecular complexity index is 765. The van der Waals surface area contributed by atoms with Crippen molar-refractivity contribution in [2.24, 2.45) is 0 Å². The lowest BCUT2D eigenvalue weighted by Gasteiger charge is -2.37. The van der Waals surface area contributed by atoms with Crippen LogP contribution >= 0.6 is 7.52 Å². The number of morpholine rings is 1. The van der Waals surface area contributed by atoms with E-state index in [4.69, 9.17) is 9.47 Å². The van der Waals surface area contributed by atoms with E-state index in [1.54, 1.807) is 6.92 Å². The number of hydrogen-bond donors (Lipinski definition) is 2. The Labute approximate surface area is 212 Å². The number of carbonyl (C=O) groups is 1. The van der Waals surface area contributed by atoms with E-state index in [9.17, 15) is 14.3 Å². The molecular formula is C27H48N2O5P+. The molecule has 200 valence electrons. The van der Waals surface area contributed by atoms with Gasteiger partial charge in [-0.1, -0.05) is 70.4 Å². The zero-order chi connectivity index (χ0) is 25.4. The van der Waals surface area contributed by atoms with E-state index in [1.165, 1.54) is 44.1 Å². The smallest absolute Gasteiger partial charge is 0.338 e. The molecule has 0 spiro atoms. The van der Waals surface area contributed by atoms with Crippen molar-refractivity contribution in [1.82, 2.24) is 5.09 Å². The first-order chi connectivity index (χ1) is 16.8. The molecule has 35 heavy (non-hydrogen) atoms. The highest BCUT2D eigenvalue weighted by atomic mass is 31.2. The van der Waals surface area contributed by atoms with Crippen LogP contribution in [0.1, 0.15) is 87.1 Å². The minimum atomic E-state index is -3.07. The van der Waals surface area contributed by atoms with Crippen LogP contribution in [0.2, 0.25) is 0 Å². The van der Waals surface area contributed by atoms with Gasteiger partial charge < -0.3 is 18.9 Å². The highest BCUT2D eigenvalue weighted by molar-refractivity contribution is 7.55. The van der Waals surface area contributed by atoms with Gasteiger partial charge in [0.25, 0.3) is 7.52 Å². The van der Waals surface area contributed by atoms with Crippen molar-refractivity contribution in [1.29, 1.82) is 0 Å². The number of hydrogen-bond acceptors (Lipinski definition) is 4. The number of rotatable bonds is 18. The Morgan fingerprint density at radius 3 is 2.09 bits per heavy atom. The van der Waals surface area contributed by atoms with E-state index in [1.807, 2.05) is 24.3 Å². The van der Waals surface area contributed by atoms with Gasteiger partial charge in [0.2, 0.25) is 0 Å². The average Bonchev–Trinajstić information content (AvgIpc) is 2.84. The average molecular weight is 512 g/mol. The fourth-order valence-electron chi connectivity index (χ4n) is 4.38. The molecule has 0 saturated carbocycles. The lowest BCUT2D eigenvalue weighted by molar-refractivity contribution is -0.929. The normalized spacial score (nSPS) is 17.1. The molecule has 7 nitrogen and oxygen atoms in total. The summed E-state index contributed by atoms with van der Waals surface area (Å²) in [6.07, 6.45) is 11.7. The van der Waals surface area contributed by atoms with Gasteiger partial charge in [0, 0.05) is 18.3 Å². The number of benzene rings is 1. The zero-order valence-corrected chi connectivity index (χ0v) is 22.9. The van der Waals surface area contributed by atoms with Crippen molar-refractivity contribution in [3.05, 3.63) is 35.4 Å². The lowest BCUT2D eigenvalue weighted by Crippen LogP contribution is -2.51. The number of nitrogens with zero attached hydrogens (tertiary/aromatic N) is 1. The van der Waals surface area contributed by atoms with Gasteiger partial charge in [-0.3, -0.25) is 4.57 Å². The fourth-order valence-corrected chi connectivity index (χ4v) is 5.12. The standard InChI is InChI=1S/C27H47N2O5P/c1-3-35(31,32)28-18-12-10-8-6-4-5-7-9-11-13-21-34-27(30)26-16-14-25(15-17-26)24-29(2)19-22-33-23-20-29/h14-17H,3-13,18-24H2,1-2H3,(H-,28,31,32)/p+1. The molecule has 0 amide bonds. The van der Waals surface area contributed by atoms with E-state index in [2.05, 4.69) is 12.1 Å². The molecular weight excluding hydrogens is 463 g/mol. The third-order valence-electron chi connectivity index (χ3n) is 6.90. The summed E-state index contributed by atoms with van der Waals surface area (Å²) in [6.45, 7) is 7.50. The van der Waals surface area contributed by atoms with Gasteiger partial charge in [-0.25, -0.2) is 9.88 Å². The Kier molecular flexibility index (Phi) is 14.1. The first kappa shape index (κ1) is 30.0. The molecule has 1 saturated heterocycles. The summed E-state index contributed by atoms with van der Waals surface area (Å²) in [5.74, 6) is -0.227. The maximum absolute atomic E-state index is 12.3. The second-order valence-electron chi connectivity index (χ2n) is 10.1. The predicted molar refractivity (Wildman–Crippen MR) is 142 cm³/mol. The number of esters is 1. The van der Waals surface area contributed by atoms with Crippen LogP contribution in [0.5, 0.6) is 0 Å². The molecule has 0 radical (unpaired) electrons. The topological polar surface area (TPSA) is 84.9 Å². The molecule has 1 aromatic carbocycles. The van der Waals surface area contributed by atoms with Gasteiger partial charge in [-0.2, -0.15) is 0 Å². The van der Waals surface area contributed by atoms with Crippen LogP contribution in [0.15, 0.2) is 24.3 Å². The Morgan fingerprint density at radius 1 is 0.971 bits per heavy atom. The Morgan fingerprint density at radius 2 is 1.51 bits per heavy atom. The van der Waals surface area contributed by atoms with Crippen molar-refractivity contribution < 1.29 is 28.2 Å². The molecule has 1 fully saturated rings. The minimum Gasteiger partial charge on any atom is -0.462 e. The van der Waals surface area contributed by atoms with Gasteiger partial charge in [0.05, 0.1) is 32.4 Å². The van der Waals surface area contributed by atoms with Crippen molar-refractivity contribution >= 4 is 13.5 Å². The van der Waals surface area contributed by atoms with E-state index < -0.39 is 7.52 Å². The number of unbranched alkanes of at least 4 members (excludes halogenated alkanes) is 9. The monoisotopic (exact) mass is 511 g/mol. The molecule has 1 aliphatic heterocycles. The molecule has 1 aromatic rings. The highest BCUT2D eigenvalue weighted by Gasteiger charge is 2.25. The molecule has 1 unspecified atom stereocenters. The molecule has 2 rings (SSSR count). The summed E-state index contributed by atoms with van der Waals surface area (Å²) >= 11 is 0. The third kappa shape index (κ3) is 13.0. The zero-order valence-electron chi connectivity index (χ0n) is 22.0. The summed E-state index contributed by atoms with van der Waals surface area (Å²) in [7, 11) is -0.806. The van der Waals surface area contributed by atoms with Gasteiger partial charge >= 0.3 is 5.97 Å². The third-order valence-corrected chi connectivity index (χ3v) is 8.47. The molecule has 2 N–H and O–H groups in total. The summed E-state index contributed by atoms with van der Waals surface area (Å²) in [6, 6.07) is 7.87. The van der Waals surface area contributed by atoms with Crippen LogP contribution < -0.4 is 5.09 Å². The maximum Gasteiger partial charge on any atom is 0.338 e. The first-order valence-corrected chi connectivity index (χ1v) is 15.4. The molecule has 8 heteroatoms. The number of quaternary nitrogens is 1. The summed E-state index contributed by atoms with van der Waals surface area (Å²) in [4.78, 5) is 21.8. The summed E-state index contributed by atoms with van der Waals surface area (Å²) < 4.78 is 23.4. The Hall–Kier alpha value is -1.24. The van der Waals surface area contributed by atoms with Crippen molar-refractivity contribution in [3.8, 4) is 0 Å². The van der Waals surface area contributed by atoms with Crippen molar-refractivity contribution in [2.75, 3.05) is 52.7 Å². The van der Waals surface area contributed by atoms with Crippen LogP contribution in [0.3, 0.4) is 0 Å². The molecule has 0 aromatic heterocycles. The molecule has 0 bridgehead atoms. The van der Waals surface area contributed by atoms with E-state index in [-0.39, 0.29) is 5.97 Å². The van der Waals surface area contributed by atoms with E-state index in [0.29, 0.717) is 24.9 Å². The molecule has 0 aliphatic carbocycles. The lowest BCUT2D eigenvalue weighted by atomic mass is 10.1. The van der Waals surface area contributed by atoms with Gasteiger partial charge in [-0.05, 0) is 25.0 Å². The van der Waals surface area contributed by atoms with E-state index >= 15 is 0 Å². The molecule has 1 atom stereocenters.